The van der Waals surface area contributed by atoms with Gasteiger partial charge in [-0.3, -0.25) is 9.59 Å². The Morgan fingerprint density at radius 2 is 1.67 bits per heavy atom. The van der Waals surface area contributed by atoms with Gasteiger partial charge in [0.15, 0.2) is 5.69 Å². The Morgan fingerprint density at radius 3 is 2.19 bits per heavy atom. The summed E-state index contributed by atoms with van der Waals surface area (Å²) in [5.41, 5.74) is -1.08. The molecule has 2 aromatic rings. The van der Waals surface area contributed by atoms with Gasteiger partial charge in [-0.15, -0.1) is 0 Å². The maximum atomic E-state index is 13.0. The van der Waals surface area contributed by atoms with E-state index in [-0.39, 0.29) is 33.0 Å². The van der Waals surface area contributed by atoms with E-state index in [0.717, 1.165) is 12.5 Å². The molecular weight excluding hydrogens is 533 g/mol. The van der Waals surface area contributed by atoms with Crippen molar-refractivity contribution in [3.05, 3.63) is 45.7 Å². The van der Waals surface area contributed by atoms with Crippen molar-refractivity contribution >= 4 is 56.8 Å². The number of ether oxygens (including phenoxy) is 1. The van der Waals surface area contributed by atoms with Crippen LogP contribution in [0.15, 0.2) is 24.4 Å². The van der Waals surface area contributed by atoms with E-state index in [1.165, 1.54) is 12.1 Å². The van der Waals surface area contributed by atoms with Crippen LogP contribution in [0.5, 0.6) is 0 Å². The lowest BCUT2D eigenvalue weighted by Gasteiger charge is -2.33. The van der Waals surface area contributed by atoms with Crippen LogP contribution < -0.4 is 10.6 Å². The van der Waals surface area contributed by atoms with Gasteiger partial charge in [0.1, 0.15) is 5.60 Å². The van der Waals surface area contributed by atoms with E-state index in [0.29, 0.717) is 30.0 Å². The lowest BCUT2D eigenvalue weighted by atomic mass is 10.1. The molecule has 0 saturated carbocycles. The molecule has 0 atom stereocenters. The second-order valence-corrected chi connectivity index (χ2v) is 11.9. The van der Waals surface area contributed by atoms with Crippen molar-refractivity contribution in [2.45, 2.75) is 45.3 Å². The molecular formula is C22H27Cl2N5O6S. The second kappa shape index (κ2) is 10.7. The Morgan fingerprint density at radius 1 is 1.08 bits per heavy atom. The summed E-state index contributed by atoms with van der Waals surface area (Å²) < 4.78 is 30.0. The molecule has 2 heterocycles. The van der Waals surface area contributed by atoms with Gasteiger partial charge in [-0.2, -0.15) is 9.19 Å². The fraction of sp³-hybridized carbons (Fsp3) is 0.455. The van der Waals surface area contributed by atoms with Gasteiger partial charge < -0.3 is 20.3 Å². The van der Waals surface area contributed by atoms with Crippen molar-refractivity contribution in [1.82, 2.24) is 19.4 Å². The first-order chi connectivity index (χ1) is 16.7. The molecule has 1 aliphatic heterocycles. The number of likely N-dealkylation sites (tertiary alicyclic amines) is 1. The van der Waals surface area contributed by atoms with Gasteiger partial charge in [0.05, 0.1) is 33.7 Å². The molecule has 0 spiro atoms. The number of hydrogen-bond acceptors (Lipinski definition) is 7. The van der Waals surface area contributed by atoms with Crippen LogP contribution in [0.1, 0.15) is 54.5 Å². The number of carbonyl (C=O) groups is 3. The lowest BCUT2D eigenvalue weighted by molar-refractivity contribution is 0.0199. The predicted octanol–water partition coefficient (Wildman–Crippen LogP) is 3.38. The molecule has 1 saturated heterocycles. The minimum absolute atomic E-state index is 0.0335. The van der Waals surface area contributed by atoms with Crippen molar-refractivity contribution in [3.8, 4) is 0 Å². The van der Waals surface area contributed by atoms with E-state index in [2.05, 4.69) is 15.7 Å². The van der Waals surface area contributed by atoms with E-state index in [1.807, 2.05) is 0 Å². The summed E-state index contributed by atoms with van der Waals surface area (Å²) in [7, 11) is -3.86. The van der Waals surface area contributed by atoms with E-state index in [4.69, 9.17) is 27.9 Å². The molecule has 0 unspecified atom stereocenters. The summed E-state index contributed by atoms with van der Waals surface area (Å²) in [4.78, 5) is 39.7. The van der Waals surface area contributed by atoms with Crippen molar-refractivity contribution in [2.75, 3.05) is 24.7 Å². The number of benzene rings is 1. The molecule has 1 aliphatic rings. The molecule has 14 heteroatoms. The number of carbonyl (C=O) groups excluding carboxylic acids is 3. The van der Waals surface area contributed by atoms with E-state index in [9.17, 15) is 22.8 Å². The number of anilines is 1. The third kappa shape index (κ3) is 6.89. The van der Waals surface area contributed by atoms with Gasteiger partial charge in [-0.25, -0.2) is 13.2 Å². The van der Waals surface area contributed by atoms with Crippen LogP contribution in [-0.2, 0) is 14.8 Å². The number of aromatic nitrogens is 2. The molecule has 0 bridgehead atoms. The van der Waals surface area contributed by atoms with Crippen LogP contribution in [-0.4, -0.2) is 71.4 Å². The van der Waals surface area contributed by atoms with Crippen LogP contribution in [0, 0.1) is 0 Å². The molecule has 3 rings (SSSR count). The topological polar surface area (TPSA) is 140 Å². The number of piperidine rings is 1. The van der Waals surface area contributed by atoms with Crippen molar-refractivity contribution < 1.29 is 27.5 Å². The average Bonchev–Trinajstić information content (AvgIpc) is 3.17. The highest BCUT2D eigenvalue weighted by Crippen LogP contribution is 2.26. The highest BCUT2D eigenvalue weighted by atomic mass is 35.5. The van der Waals surface area contributed by atoms with Gasteiger partial charge in [0.25, 0.3) is 21.8 Å². The SMILES string of the molecule is CC(C)(C)OC(=O)N1CCC(NC(=O)c2nn(S(C)(=O)=O)cc2NC(=O)c2c(Cl)cccc2Cl)CC1. The standard InChI is InChI=1S/C22H27Cl2N5O6S/c1-22(2,3)35-21(32)28-10-8-13(9-11-28)25-20(31)18-16(12-29(27-18)36(4,33)34)26-19(30)17-14(23)6-5-7-15(17)24/h5-7,12-13H,8-11H2,1-4H3,(H,25,31)(H,26,30). The smallest absolute Gasteiger partial charge is 0.410 e. The van der Waals surface area contributed by atoms with Gasteiger partial charge in [-0.1, -0.05) is 29.3 Å². The molecule has 11 nitrogen and oxygen atoms in total. The monoisotopic (exact) mass is 559 g/mol. The van der Waals surface area contributed by atoms with Gasteiger partial charge in [-0.05, 0) is 45.7 Å². The first-order valence-electron chi connectivity index (χ1n) is 11.0. The fourth-order valence-electron chi connectivity index (χ4n) is 3.47. The molecule has 1 fully saturated rings. The highest BCUT2D eigenvalue weighted by Gasteiger charge is 2.30. The molecule has 36 heavy (non-hydrogen) atoms. The number of nitrogens with one attached hydrogen (secondary N) is 2. The summed E-state index contributed by atoms with van der Waals surface area (Å²) in [6, 6.07) is 4.20. The Kier molecular flexibility index (Phi) is 8.21. The summed E-state index contributed by atoms with van der Waals surface area (Å²) in [6.07, 6.45) is 2.41. The maximum absolute atomic E-state index is 13.0. The van der Waals surface area contributed by atoms with Gasteiger partial charge >= 0.3 is 6.09 Å². The Labute approximate surface area is 219 Å². The zero-order valence-electron chi connectivity index (χ0n) is 20.2. The second-order valence-electron chi connectivity index (χ2n) is 9.29. The van der Waals surface area contributed by atoms with Gasteiger partial charge in [0, 0.05) is 19.1 Å². The summed E-state index contributed by atoms with van der Waals surface area (Å²) in [5, 5.41) is 9.31. The molecule has 2 N–H and O–H groups in total. The van der Waals surface area contributed by atoms with Gasteiger partial charge in [0.2, 0.25) is 0 Å². The minimum Gasteiger partial charge on any atom is -0.444 e. The van der Waals surface area contributed by atoms with Crippen LogP contribution in [0.4, 0.5) is 10.5 Å². The molecule has 1 aromatic heterocycles. The third-order valence-corrected chi connectivity index (χ3v) is 6.66. The number of rotatable bonds is 5. The summed E-state index contributed by atoms with van der Waals surface area (Å²) >= 11 is 12.2. The van der Waals surface area contributed by atoms with Crippen LogP contribution in [0.2, 0.25) is 10.0 Å². The summed E-state index contributed by atoms with van der Waals surface area (Å²) in [6.45, 7) is 6.08. The molecule has 0 radical (unpaired) electrons. The van der Waals surface area contributed by atoms with E-state index >= 15 is 0 Å². The Balaban J connectivity index is 1.75. The number of hydrogen-bond donors (Lipinski definition) is 2. The Hall–Kier alpha value is -2.83. The van der Waals surface area contributed by atoms with Crippen molar-refractivity contribution in [3.63, 3.8) is 0 Å². The molecule has 3 amide bonds. The first kappa shape index (κ1) is 27.8. The highest BCUT2D eigenvalue weighted by molar-refractivity contribution is 7.89. The first-order valence-corrected chi connectivity index (χ1v) is 13.6. The average molecular weight is 560 g/mol. The lowest BCUT2D eigenvalue weighted by Crippen LogP contribution is -2.48. The fourth-order valence-corrected chi connectivity index (χ4v) is 4.56. The third-order valence-electron chi connectivity index (χ3n) is 5.17. The normalized spacial score (nSPS) is 14.9. The minimum atomic E-state index is -3.86. The zero-order valence-corrected chi connectivity index (χ0v) is 22.5. The van der Waals surface area contributed by atoms with Crippen molar-refractivity contribution in [1.29, 1.82) is 0 Å². The predicted molar refractivity (Wildman–Crippen MR) is 135 cm³/mol. The van der Waals surface area contributed by atoms with E-state index in [1.54, 1.807) is 31.7 Å². The number of amides is 3. The van der Waals surface area contributed by atoms with E-state index < -0.39 is 33.5 Å². The maximum Gasteiger partial charge on any atom is 0.410 e. The molecule has 196 valence electrons. The van der Waals surface area contributed by atoms with Crippen LogP contribution >= 0.6 is 23.2 Å². The van der Waals surface area contributed by atoms with Crippen LogP contribution in [0.25, 0.3) is 0 Å². The Bertz CT molecular complexity index is 1260. The summed E-state index contributed by atoms with van der Waals surface area (Å²) in [5.74, 6) is -1.42. The molecule has 0 aliphatic carbocycles. The van der Waals surface area contributed by atoms with Crippen molar-refractivity contribution in [2.24, 2.45) is 0 Å². The van der Waals surface area contributed by atoms with Crippen LogP contribution in [0.3, 0.4) is 0 Å². The largest absolute Gasteiger partial charge is 0.444 e. The number of halogens is 2. The number of nitrogens with zero attached hydrogens (tertiary/aromatic N) is 3. The molecule has 1 aromatic carbocycles. The zero-order chi connectivity index (χ0) is 26.8. The quantitative estimate of drug-likeness (QED) is 0.572.